The summed E-state index contributed by atoms with van der Waals surface area (Å²) >= 11 is 0. The summed E-state index contributed by atoms with van der Waals surface area (Å²) in [4.78, 5) is 19.2. The number of piperidine rings is 1. The number of fused-ring (bicyclic) bond motifs is 1. The second kappa shape index (κ2) is 8.01. The Kier molecular flexibility index (Phi) is 5.29. The smallest absolute Gasteiger partial charge is 0.244 e. The Morgan fingerprint density at radius 1 is 1.04 bits per heavy atom. The Morgan fingerprint density at radius 2 is 1.82 bits per heavy atom. The summed E-state index contributed by atoms with van der Waals surface area (Å²) in [7, 11) is 0. The number of amides is 1. The fraction of sp³-hybridized carbons (Fsp3) is 0.333. The van der Waals surface area contributed by atoms with Crippen LogP contribution in [0.15, 0.2) is 54.7 Å². The summed E-state index contributed by atoms with van der Waals surface area (Å²) in [5, 5.41) is 4.49. The van der Waals surface area contributed by atoms with Crippen molar-refractivity contribution in [3.05, 3.63) is 60.3 Å². The van der Waals surface area contributed by atoms with Crippen LogP contribution in [0.4, 0.5) is 5.69 Å². The number of nitrogens with one attached hydrogen (secondary N) is 1. The molecule has 1 N–H and O–H groups in total. The molecule has 1 aliphatic rings. The molecule has 144 valence electrons. The number of rotatable bonds is 4. The molecule has 3 aromatic rings. The molecule has 2 heterocycles. The van der Waals surface area contributed by atoms with E-state index in [9.17, 15) is 4.79 Å². The lowest BCUT2D eigenvalue weighted by Crippen LogP contribution is -2.43. The maximum Gasteiger partial charge on any atom is 0.244 e. The van der Waals surface area contributed by atoms with Crippen LogP contribution >= 0.6 is 0 Å². The molecule has 0 radical (unpaired) electrons. The fourth-order valence-corrected chi connectivity index (χ4v) is 4.05. The fourth-order valence-electron chi connectivity index (χ4n) is 4.05. The first-order valence-corrected chi connectivity index (χ1v) is 10.1. The highest BCUT2D eigenvalue weighted by atomic mass is 16.2. The van der Waals surface area contributed by atoms with Gasteiger partial charge in [-0.05, 0) is 68.0 Å². The van der Waals surface area contributed by atoms with Gasteiger partial charge in [-0.3, -0.25) is 9.78 Å². The minimum Gasteiger partial charge on any atom is -0.374 e. The van der Waals surface area contributed by atoms with Gasteiger partial charge in [-0.15, -0.1) is 0 Å². The number of nitrogens with zero attached hydrogens (tertiary/aromatic N) is 2. The van der Waals surface area contributed by atoms with Crippen molar-refractivity contribution in [1.82, 2.24) is 9.88 Å². The van der Waals surface area contributed by atoms with Crippen LogP contribution in [0.3, 0.4) is 0 Å². The van der Waals surface area contributed by atoms with Crippen molar-refractivity contribution in [3.63, 3.8) is 0 Å². The summed E-state index contributed by atoms with van der Waals surface area (Å²) in [6.45, 7) is 5.83. The maximum absolute atomic E-state index is 12.7. The monoisotopic (exact) mass is 373 g/mol. The van der Waals surface area contributed by atoms with Crippen molar-refractivity contribution in [2.75, 3.05) is 18.4 Å². The number of benzene rings is 2. The number of aromatic nitrogens is 1. The number of anilines is 1. The number of aryl methyl sites for hydroxylation is 1. The highest BCUT2D eigenvalue weighted by Gasteiger charge is 2.22. The topological polar surface area (TPSA) is 45.2 Å². The van der Waals surface area contributed by atoms with Gasteiger partial charge >= 0.3 is 0 Å². The normalized spacial score (nSPS) is 15.4. The van der Waals surface area contributed by atoms with E-state index in [1.165, 1.54) is 23.1 Å². The van der Waals surface area contributed by atoms with Gasteiger partial charge in [0.25, 0.3) is 0 Å². The zero-order valence-corrected chi connectivity index (χ0v) is 16.6. The van der Waals surface area contributed by atoms with E-state index >= 15 is 0 Å². The van der Waals surface area contributed by atoms with Crippen LogP contribution in [0.5, 0.6) is 0 Å². The van der Waals surface area contributed by atoms with Crippen LogP contribution in [-0.4, -0.2) is 34.9 Å². The van der Waals surface area contributed by atoms with Crippen LogP contribution in [-0.2, 0) is 4.79 Å². The average Bonchev–Trinajstić information content (AvgIpc) is 2.73. The van der Waals surface area contributed by atoms with Crippen LogP contribution in [0, 0.1) is 6.92 Å². The molecule has 4 heteroatoms. The number of pyridine rings is 1. The van der Waals surface area contributed by atoms with Gasteiger partial charge in [0.05, 0.1) is 5.52 Å². The molecule has 1 atom stereocenters. The predicted molar refractivity (Wildman–Crippen MR) is 115 cm³/mol. The van der Waals surface area contributed by atoms with Gasteiger partial charge in [-0.25, -0.2) is 0 Å². The Morgan fingerprint density at radius 3 is 2.61 bits per heavy atom. The van der Waals surface area contributed by atoms with Crippen molar-refractivity contribution >= 4 is 22.5 Å². The summed E-state index contributed by atoms with van der Waals surface area (Å²) in [5.41, 5.74) is 5.53. The molecule has 1 aliphatic heterocycles. The molecule has 1 unspecified atom stereocenters. The Labute approximate surface area is 166 Å². The molecule has 0 saturated carbocycles. The number of carbonyl (C=O) groups excluding carboxylic acids is 1. The van der Waals surface area contributed by atoms with Gasteiger partial charge in [-0.1, -0.05) is 30.3 Å². The zero-order valence-electron chi connectivity index (χ0n) is 16.6. The second-order valence-electron chi connectivity index (χ2n) is 7.66. The van der Waals surface area contributed by atoms with E-state index in [-0.39, 0.29) is 11.9 Å². The Hall–Kier alpha value is -2.88. The van der Waals surface area contributed by atoms with E-state index in [0.29, 0.717) is 0 Å². The molecular formula is C24H27N3O. The first-order chi connectivity index (χ1) is 13.6. The molecule has 1 saturated heterocycles. The van der Waals surface area contributed by atoms with E-state index in [1.54, 1.807) is 0 Å². The number of hydrogen-bond donors (Lipinski definition) is 1. The molecule has 1 fully saturated rings. The predicted octanol–water partition coefficient (Wildman–Crippen LogP) is 5.02. The molecule has 4 nitrogen and oxygen atoms in total. The highest BCUT2D eigenvalue weighted by Crippen LogP contribution is 2.31. The summed E-state index contributed by atoms with van der Waals surface area (Å²) in [6.07, 6.45) is 5.31. The molecule has 28 heavy (non-hydrogen) atoms. The summed E-state index contributed by atoms with van der Waals surface area (Å²) in [5.74, 6) is 0.182. The third-order valence-corrected chi connectivity index (χ3v) is 5.60. The van der Waals surface area contributed by atoms with Crippen molar-refractivity contribution < 1.29 is 4.79 Å². The standard InChI is InChI=1S/C24H27N3O/c1-17-8-4-5-9-20(17)21-12-13-25-23-16-19(10-11-22(21)23)26-18(2)24(28)27-14-6-3-7-15-27/h4-5,8-13,16,18,26H,3,6-7,14-15H2,1-2H3. The zero-order chi connectivity index (χ0) is 19.5. The minimum atomic E-state index is -0.241. The minimum absolute atomic E-state index is 0.182. The summed E-state index contributed by atoms with van der Waals surface area (Å²) < 4.78 is 0. The quantitative estimate of drug-likeness (QED) is 0.698. The molecule has 0 spiro atoms. The highest BCUT2D eigenvalue weighted by molar-refractivity contribution is 5.96. The third kappa shape index (κ3) is 3.72. The number of hydrogen-bond acceptors (Lipinski definition) is 3. The molecule has 1 amide bonds. The summed E-state index contributed by atoms with van der Waals surface area (Å²) in [6, 6.07) is 16.4. The first-order valence-electron chi connectivity index (χ1n) is 10.1. The SMILES string of the molecule is Cc1ccccc1-c1ccnc2cc(NC(C)C(=O)N3CCCCC3)ccc12. The molecule has 4 rings (SSSR count). The van der Waals surface area contributed by atoms with Gasteiger partial charge in [0.1, 0.15) is 6.04 Å². The third-order valence-electron chi connectivity index (χ3n) is 5.60. The molecular weight excluding hydrogens is 346 g/mol. The van der Waals surface area contributed by atoms with Crippen molar-refractivity contribution in [2.24, 2.45) is 0 Å². The Balaban J connectivity index is 1.58. The number of carbonyl (C=O) groups is 1. The van der Waals surface area contributed by atoms with Crippen LogP contribution in [0.1, 0.15) is 31.7 Å². The lowest BCUT2D eigenvalue weighted by Gasteiger charge is -2.29. The molecule has 0 bridgehead atoms. The first kappa shape index (κ1) is 18.5. The van der Waals surface area contributed by atoms with Crippen molar-refractivity contribution in [2.45, 2.75) is 39.2 Å². The largest absolute Gasteiger partial charge is 0.374 e. The average molecular weight is 374 g/mol. The van der Waals surface area contributed by atoms with Gasteiger partial charge in [0, 0.05) is 30.4 Å². The maximum atomic E-state index is 12.7. The van der Waals surface area contributed by atoms with E-state index in [1.807, 2.05) is 30.2 Å². The molecule has 0 aliphatic carbocycles. The van der Waals surface area contributed by atoms with E-state index < -0.39 is 0 Å². The van der Waals surface area contributed by atoms with Crippen LogP contribution < -0.4 is 5.32 Å². The second-order valence-corrected chi connectivity index (χ2v) is 7.66. The van der Waals surface area contributed by atoms with Crippen molar-refractivity contribution in [3.8, 4) is 11.1 Å². The van der Waals surface area contributed by atoms with E-state index in [0.717, 1.165) is 42.5 Å². The lowest BCUT2D eigenvalue weighted by molar-refractivity contribution is -0.132. The number of likely N-dealkylation sites (tertiary alicyclic amines) is 1. The van der Waals surface area contributed by atoms with E-state index in [2.05, 4.69) is 53.6 Å². The molecule has 1 aromatic heterocycles. The van der Waals surface area contributed by atoms with Gasteiger partial charge in [0.2, 0.25) is 5.91 Å². The van der Waals surface area contributed by atoms with Gasteiger partial charge < -0.3 is 10.2 Å². The lowest BCUT2D eigenvalue weighted by atomic mass is 9.97. The van der Waals surface area contributed by atoms with E-state index in [4.69, 9.17) is 0 Å². The van der Waals surface area contributed by atoms with Gasteiger partial charge in [0.15, 0.2) is 0 Å². The van der Waals surface area contributed by atoms with Crippen LogP contribution in [0.2, 0.25) is 0 Å². The van der Waals surface area contributed by atoms with Gasteiger partial charge in [-0.2, -0.15) is 0 Å². The molecule has 2 aromatic carbocycles. The van der Waals surface area contributed by atoms with Crippen LogP contribution in [0.25, 0.3) is 22.0 Å². The van der Waals surface area contributed by atoms with Crippen molar-refractivity contribution in [1.29, 1.82) is 0 Å². The Bertz CT molecular complexity index is 992.